The fourth-order valence-electron chi connectivity index (χ4n) is 1.93. The molecular weight excluding hydrogens is 357 g/mol. The molecule has 111 valence electrons. The van der Waals surface area contributed by atoms with Crippen LogP contribution in [0.4, 0.5) is 0 Å². The second-order valence-electron chi connectivity index (χ2n) is 4.65. The van der Waals surface area contributed by atoms with E-state index in [0.29, 0.717) is 6.54 Å². The van der Waals surface area contributed by atoms with Gasteiger partial charge in [0, 0.05) is 12.7 Å². The Morgan fingerprint density at radius 2 is 1.30 bits per heavy atom. The summed E-state index contributed by atoms with van der Waals surface area (Å²) in [5.41, 5.74) is 6.22. The molecule has 1 heterocycles. The summed E-state index contributed by atoms with van der Waals surface area (Å²) in [5, 5.41) is 0. The first kappa shape index (κ1) is 20.0. The fourth-order valence-corrected chi connectivity index (χ4v) is 1.93. The molecule has 2 N–H and O–H groups in total. The van der Waals surface area contributed by atoms with Crippen LogP contribution in [0.5, 0.6) is 0 Å². The van der Waals surface area contributed by atoms with Crippen molar-refractivity contribution in [1.29, 1.82) is 0 Å². The summed E-state index contributed by atoms with van der Waals surface area (Å²) in [6.07, 6.45) is 1.74. The van der Waals surface area contributed by atoms with Gasteiger partial charge in [0.25, 0.3) is 0 Å². The van der Waals surface area contributed by atoms with E-state index in [1.807, 2.05) is 35.5 Å². The number of aromatic nitrogens is 1. The summed E-state index contributed by atoms with van der Waals surface area (Å²) in [7, 11) is 4.57. The van der Waals surface area contributed by atoms with Crippen molar-refractivity contribution in [3.8, 4) is 0 Å². The molecule has 0 spiro atoms. The molecule has 0 aliphatic heterocycles. The van der Waals surface area contributed by atoms with Crippen LogP contribution in [0.25, 0.3) is 0 Å². The van der Waals surface area contributed by atoms with Crippen LogP contribution in [-0.4, -0.2) is 4.98 Å². The molecule has 1 aliphatic rings. The SMILES string of the molecule is C[C]1[C](C)[C](C)[C](C)[C]1C.NCc1ccccn1.[Cl][Ru+]. The first-order valence-electron chi connectivity index (χ1n) is 6.42. The second-order valence-corrected chi connectivity index (χ2v) is 4.65. The Hall–Kier alpha value is 0.0234. The molecule has 1 aromatic rings. The van der Waals surface area contributed by atoms with Gasteiger partial charge in [-0.25, -0.2) is 0 Å². The number of hydrogen-bond donors (Lipinski definition) is 1. The second kappa shape index (κ2) is 10.7. The van der Waals surface area contributed by atoms with Gasteiger partial charge in [-0.2, -0.15) is 0 Å². The van der Waals surface area contributed by atoms with Crippen molar-refractivity contribution in [3.05, 3.63) is 59.7 Å². The average Bonchev–Trinajstić information content (AvgIpc) is 2.69. The van der Waals surface area contributed by atoms with Crippen LogP contribution in [0.15, 0.2) is 24.4 Å². The third kappa shape index (κ3) is 5.79. The van der Waals surface area contributed by atoms with E-state index in [4.69, 9.17) is 5.73 Å². The molecule has 0 unspecified atom stereocenters. The molecule has 1 saturated carbocycles. The van der Waals surface area contributed by atoms with Crippen molar-refractivity contribution in [2.75, 3.05) is 0 Å². The van der Waals surface area contributed by atoms with Gasteiger partial charge in [0.15, 0.2) is 0 Å². The molecule has 20 heavy (non-hydrogen) atoms. The van der Waals surface area contributed by atoms with Crippen LogP contribution < -0.4 is 5.73 Å². The molecule has 2 rings (SSSR count). The maximum absolute atomic E-state index is 5.29. The average molecular weight is 380 g/mol. The maximum atomic E-state index is 5.29. The number of halogens is 1. The minimum absolute atomic E-state index is 0.529. The zero-order valence-corrected chi connectivity index (χ0v) is 15.3. The number of pyridine rings is 1. The van der Waals surface area contributed by atoms with Crippen LogP contribution in [0.1, 0.15) is 40.3 Å². The predicted molar refractivity (Wildman–Crippen MR) is 82.6 cm³/mol. The number of rotatable bonds is 1. The molecule has 0 saturated heterocycles. The molecule has 2 nitrogen and oxygen atoms in total. The molecule has 0 aromatic carbocycles. The van der Waals surface area contributed by atoms with Crippen LogP contribution in [0, 0.1) is 29.6 Å². The number of hydrogen-bond acceptors (Lipinski definition) is 2. The van der Waals surface area contributed by atoms with E-state index in [2.05, 4.69) is 49.3 Å². The molecule has 0 atom stereocenters. The van der Waals surface area contributed by atoms with E-state index < -0.39 is 0 Å². The van der Waals surface area contributed by atoms with E-state index in [9.17, 15) is 0 Å². The summed E-state index contributed by atoms with van der Waals surface area (Å²) in [6.45, 7) is 11.5. The standard InChI is InChI=1S/C10H15.C6H8N2.ClH.Ru/c1-6-7(2)9(4)10(5)8(6)3;7-5-6-3-1-2-4-8-6;;/h1-5H3;1-4H,5,7H2;1H;/q;;;+2/p-1. The Kier molecular flexibility index (Phi) is 10.7. The Balaban J connectivity index is 0.000000327. The van der Waals surface area contributed by atoms with Crippen molar-refractivity contribution in [2.24, 2.45) is 5.73 Å². The quantitative estimate of drug-likeness (QED) is 0.743. The summed E-state index contributed by atoms with van der Waals surface area (Å²) >= 11 is 1.82. The monoisotopic (exact) mass is 380 g/mol. The summed E-state index contributed by atoms with van der Waals surface area (Å²) in [4.78, 5) is 3.97. The third-order valence-corrected chi connectivity index (χ3v) is 3.75. The predicted octanol–water partition coefficient (Wildman–Crippen LogP) is 4.20. The van der Waals surface area contributed by atoms with Gasteiger partial charge < -0.3 is 5.73 Å². The van der Waals surface area contributed by atoms with Gasteiger partial charge in [-0.3, -0.25) is 4.98 Å². The molecule has 1 fully saturated rings. The third-order valence-electron chi connectivity index (χ3n) is 3.75. The van der Waals surface area contributed by atoms with Crippen LogP contribution in [0.3, 0.4) is 0 Å². The van der Waals surface area contributed by atoms with Crippen LogP contribution in [0.2, 0.25) is 0 Å². The van der Waals surface area contributed by atoms with E-state index in [-0.39, 0.29) is 0 Å². The van der Waals surface area contributed by atoms with Crippen LogP contribution >= 0.6 is 9.69 Å². The van der Waals surface area contributed by atoms with Gasteiger partial charge in [-0.05, 0) is 41.7 Å². The molecule has 5 radical (unpaired) electrons. The van der Waals surface area contributed by atoms with Gasteiger partial charge in [-0.15, -0.1) is 0 Å². The van der Waals surface area contributed by atoms with Crippen molar-refractivity contribution in [1.82, 2.24) is 4.98 Å². The summed E-state index contributed by atoms with van der Waals surface area (Å²) < 4.78 is 0. The Labute approximate surface area is 138 Å². The Bertz CT molecular complexity index is 303. The van der Waals surface area contributed by atoms with Gasteiger partial charge in [0.05, 0.1) is 5.69 Å². The van der Waals surface area contributed by atoms with E-state index in [1.165, 1.54) is 29.6 Å². The zero-order valence-electron chi connectivity index (χ0n) is 12.8. The number of nitrogens with two attached hydrogens (primary N) is 1. The topological polar surface area (TPSA) is 38.9 Å². The van der Waals surface area contributed by atoms with Crippen molar-refractivity contribution >= 4 is 9.69 Å². The first-order chi connectivity index (χ1) is 9.49. The minimum atomic E-state index is 0.529. The molecule has 0 amide bonds. The van der Waals surface area contributed by atoms with Gasteiger partial charge in [0.1, 0.15) is 0 Å². The van der Waals surface area contributed by atoms with E-state index in [1.54, 1.807) is 6.20 Å². The Morgan fingerprint density at radius 3 is 1.50 bits per heavy atom. The normalized spacial score (nSPS) is 18.2. The van der Waals surface area contributed by atoms with Crippen molar-refractivity contribution in [2.45, 2.75) is 41.2 Å². The Morgan fingerprint density at radius 1 is 0.900 bits per heavy atom. The molecule has 1 aromatic heterocycles. The molecule has 4 heteroatoms. The van der Waals surface area contributed by atoms with Gasteiger partial charge in [0.2, 0.25) is 0 Å². The fraction of sp³-hybridized carbons (Fsp3) is 0.375. The van der Waals surface area contributed by atoms with Crippen LogP contribution in [-0.2, 0) is 23.9 Å². The van der Waals surface area contributed by atoms with Gasteiger partial charge in [-0.1, -0.05) is 40.7 Å². The van der Waals surface area contributed by atoms with Crippen molar-refractivity contribution < 1.29 is 17.3 Å². The summed E-state index contributed by atoms with van der Waals surface area (Å²) in [6, 6.07) is 5.70. The number of nitrogens with zero attached hydrogens (tertiary/aromatic N) is 1. The summed E-state index contributed by atoms with van der Waals surface area (Å²) in [5.74, 6) is 7.34. The van der Waals surface area contributed by atoms with Crippen molar-refractivity contribution in [3.63, 3.8) is 0 Å². The molecule has 0 bridgehead atoms. The van der Waals surface area contributed by atoms with Gasteiger partial charge >= 0.3 is 27.0 Å². The zero-order chi connectivity index (χ0) is 15.7. The van der Waals surface area contributed by atoms with E-state index in [0.717, 1.165) is 5.69 Å². The molecular formula is C16H23ClN2Ru+. The first-order valence-corrected chi connectivity index (χ1v) is 8.65. The van der Waals surface area contributed by atoms with E-state index >= 15 is 0 Å². The molecule has 1 aliphatic carbocycles.